The molecule has 0 saturated carbocycles. The SMILES string of the molecule is O=C(CSCc1csc(NC(=O)c2ccccc2SC(F)F)n1)Nc1ccc(F)cc1. The molecule has 31 heavy (non-hydrogen) atoms. The number of benzene rings is 2. The van der Waals surface area contributed by atoms with Crippen molar-refractivity contribution in [2.24, 2.45) is 0 Å². The Labute approximate surface area is 188 Å². The molecule has 1 heterocycles. The fourth-order valence-electron chi connectivity index (χ4n) is 2.43. The number of amides is 2. The van der Waals surface area contributed by atoms with E-state index in [2.05, 4.69) is 15.6 Å². The number of nitrogens with zero attached hydrogens (tertiary/aromatic N) is 1. The third-order valence-corrected chi connectivity index (χ3v) is 6.29. The second kappa shape index (κ2) is 11.2. The van der Waals surface area contributed by atoms with Crippen LogP contribution in [0.2, 0.25) is 0 Å². The van der Waals surface area contributed by atoms with Gasteiger partial charge in [0, 0.05) is 21.7 Å². The molecular formula is C20H16F3N3O2S3. The largest absolute Gasteiger partial charge is 0.325 e. The van der Waals surface area contributed by atoms with Gasteiger partial charge in [0.05, 0.1) is 17.0 Å². The van der Waals surface area contributed by atoms with Crippen molar-refractivity contribution < 1.29 is 22.8 Å². The van der Waals surface area contributed by atoms with Crippen molar-refractivity contribution in [2.75, 3.05) is 16.4 Å². The van der Waals surface area contributed by atoms with Crippen molar-refractivity contribution >= 4 is 57.5 Å². The average molecular weight is 484 g/mol. The number of aromatic nitrogens is 1. The fraction of sp³-hybridized carbons (Fsp3) is 0.150. The quantitative estimate of drug-likeness (QED) is 0.381. The molecule has 0 aliphatic heterocycles. The van der Waals surface area contributed by atoms with Gasteiger partial charge in [-0.1, -0.05) is 23.9 Å². The zero-order valence-corrected chi connectivity index (χ0v) is 18.3. The molecule has 0 unspecified atom stereocenters. The van der Waals surface area contributed by atoms with Crippen LogP contribution in [0.4, 0.5) is 24.0 Å². The van der Waals surface area contributed by atoms with E-state index < -0.39 is 11.7 Å². The lowest BCUT2D eigenvalue weighted by Crippen LogP contribution is -2.14. The average Bonchev–Trinajstić information content (AvgIpc) is 3.16. The maximum atomic E-state index is 12.9. The molecule has 162 valence electrons. The Bertz CT molecular complexity index is 1050. The van der Waals surface area contributed by atoms with E-state index >= 15 is 0 Å². The minimum absolute atomic E-state index is 0.149. The molecule has 0 fully saturated rings. The van der Waals surface area contributed by atoms with Gasteiger partial charge < -0.3 is 5.32 Å². The third-order valence-electron chi connectivity index (χ3n) is 3.73. The molecule has 0 saturated heterocycles. The summed E-state index contributed by atoms with van der Waals surface area (Å²) < 4.78 is 38.2. The van der Waals surface area contributed by atoms with Gasteiger partial charge in [-0.2, -0.15) is 8.78 Å². The normalized spacial score (nSPS) is 10.8. The molecule has 0 spiro atoms. The van der Waals surface area contributed by atoms with Crippen molar-refractivity contribution in [1.29, 1.82) is 0 Å². The lowest BCUT2D eigenvalue weighted by Gasteiger charge is -2.07. The van der Waals surface area contributed by atoms with E-state index in [-0.39, 0.29) is 27.9 Å². The van der Waals surface area contributed by atoms with Crippen LogP contribution in [0.3, 0.4) is 0 Å². The van der Waals surface area contributed by atoms with Gasteiger partial charge in [0.1, 0.15) is 5.82 Å². The van der Waals surface area contributed by atoms with E-state index in [9.17, 15) is 22.8 Å². The molecule has 0 atom stereocenters. The van der Waals surface area contributed by atoms with Gasteiger partial charge in [0.2, 0.25) is 5.91 Å². The zero-order chi connectivity index (χ0) is 22.2. The number of hydrogen-bond donors (Lipinski definition) is 2. The second-order valence-corrected chi connectivity index (χ2v) is 8.90. The molecule has 3 rings (SSSR count). The van der Waals surface area contributed by atoms with E-state index in [4.69, 9.17) is 0 Å². The Morgan fingerprint density at radius 1 is 1.06 bits per heavy atom. The van der Waals surface area contributed by atoms with E-state index in [1.165, 1.54) is 59.5 Å². The maximum Gasteiger partial charge on any atom is 0.288 e. The Kier molecular flexibility index (Phi) is 8.38. The first kappa shape index (κ1) is 23.2. The van der Waals surface area contributed by atoms with Crippen molar-refractivity contribution in [3.63, 3.8) is 0 Å². The van der Waals surface area contributed by atoms with Crippen molar-refractivity contribution in [1.82, 2.24) is 4.98 Å². The first-order chi connectivity index (χ1) is 14.9. The second-order valence-electron chi connectivity index (χ2n) is 6.02. The number of thiazole rings is 1. The summed E-state index contributed by atoms with van der Waals surface area (Å²) in [5.41, 5.74) is 1.34. The van der Waals surface area contributed by atoms with Crippen LogP contribution in [-0.4, -0.2) is 28.3 Å². The Morgan fingerprint density at radius 3 is 2.55 bits per heavy atom. The Morgan fingerprint density at radius 2 is 1.81 bits per heavy atom. The summed E-state index contributed by atoms with van der Waals surface area (Å²) in [6.07, 6.45) is 0. The van der Waals surface area contributed by atoms with E-state index in [0.717, 1.165) is 0 Å². The van der Waals surface area contributed by atoms with Gasteiger partial charge in [-0.25, -0.2) is 9.37 Å². The molecular weight excluding hydrogens is 467 g/mol. The number of carbonyl (C=O) groups excluding carboxylic acids is 2. The van der Waals surface area contributed by atoms with Crippen molar-refractivity contribution in [3.8, 4) is 0 Å². The number of nitrogens with one attached hydrogen (secondary N) is 2. The molecule has 11 heteroatoms. The van der Waals surface area contributed by atoms with E-state index in [1.54, 1.807) is 17.5 Å². The van der Waals surface area contributed by atoms with Crippen molar-refractivity contribution in [3.05, 3.63) is 71.0 Å². The molecule has 2 amide bonds. The fourth-order valence-corrected chi connectivity index (χ4v) is 4.59. The number of thioether (sulfide) groups is 2. The van der Waals surface area contributed by atoms with Gasteiger partial charge in [-0.15, -0.1) is 23.1 Å². The lowest BCUT2D eigenvalue weighted by molar-refractivity contribution is -0.113. The van der Waals surface area contributed by atoms with Crippen molar-refractivity contribution in [2.45, 2.75) is 16.4 Å². The van der Waals surface area contributed by atoms with Crippen LogP contribution in [0, 0.1) is 5.82 Å². The smallest absolute Gasteiger partial charge is 0.288 e. The molecule has 3 aromatic rings. The van der Waals surface area contributed by atoms with Crippen LogP contribution in [0.15, 0.2) is 58.8 Å². The van der Waals surface area contributed by atoms with Gasteiger partial charge >= 0.3 is 0 Å². The standard InChI is InChI=1S/C20H16F3N3O2S3/c21-12-5-7-13(8-6-12)24-17(27)11-29-9-14-10-30-20(25-14)26-18(28)15-3-1-2-4-16(15)31-19(22)23/h1-8,10,19H,9,11H2,(H,24,27)(H,25,26,28). The number of hydrogen-bond acceptors (Lipinski definition) is 6. The van der Waals surface area contributed by atoms with E-state index in [1.807, 2.05) is 0 Å². The number of carbonyl (C=O) groups is 2. The summed E-state index contributed by atoms with van der Waals surface area (Å²) >= 11 is 2.85. The minimum Gasteiger partial charge on any atom is -0.325 e. The molecule has 1 aromatic heterocycles. The summed E-state index contributed by atoms with van der Waals surface area (Å²) in [4.78, 5) is 28.9. The number of rotatable bonds is 9. The molecule has 0 radical (unpaired) electrons. The summed E-state index contributed by atoms with van der Waals surface area (Å²) in [5, 5.41) is 7.38. The summed E-state index contributed by atoms with van der Waals surface area (Å²) in [6, 6.07) is 11.6. The minimum atomic E-state index is -2.63. The predicted octanol–water partition coefficient (Wildman–Crippen LogP) is 5.72. The Balaban J connectivity index is 1.48. The third kappa shape index (κ3) is 7.30. The molecule has 0 aliphatic rings. The lowest BCUT2D eigenvalue weighted by atomic mass is 10.2. The highest BCUT2D eigenvalue weighted by molar-refractivity contribution is 7.99. The first-order valence-corrected chi connectivity index (χ1v) is 11.7. The van der Waals surface area contributed by atoms with Gasteiger partial charge in [-0.3, -0.25) is 14.9 Å². The summed E-state index contributed by atoms with van der Waals surface area (Å²) in [5.74, 6) is -3.13. The van der Waals surface area contributed by atoms with Crippen LogP contribution in [-0.2, 0) is 10.5 Å². The molecule has 5 nitrogen and oxygen atoms in total. The highest BCUT2D eigenvalue weighted by atomic mass is 32.2. The maximum absolute atomic E-state index is 12.9. The van der Waals surface area contributed by atoms with Crippen LogP contribution in [0.5, 0.6) is 0 Å². The van der Waals surface area contributed by atoms with Gasteiger partial charge in [0.25, 0.3) is 11.7 Å². The van der Waals surface area contributed by atoms with Crippen LogP contribution in [0.25, 0.3) is 0 Å². The molecule has 2 N–H and O–H groups in total. The van der Waals surface area contributed by atoms with Crippen LogP contribution >= 0.6 is 34.9 Å². The van der Waals surface area contributed by atoms with E-state index in [0.29, 0.717) is 34.0 Å². The van der Waals surface area contributed by atoms with Crippen LogP contribution in [0.1, 0.15) is 16.1 Å². The number of alkyl halides is 2. The zero-order valence-electron chi connectivity index (χ0n) is 15.8. The highest BCUT2D eigenvalue weighted by Gasteiger charge is 2.16. The Hall–Kier alpha value is -2.50. The molecule has 0 aliphatic carbocycles. The summed E-state index contributed by atoms with van der Waals surface area (Å²) in [6.45, 7) is 0. The number of anilines is 2. The summed E-state index contributed by atoms with van der Waals surface area (Å²) in [7, 11) is 0. The highest BCUT2D eigenvalue weighted by Crippen LogP contribution is 2.29. The van der Waals surface area contributed by atoms with Gasteiger partial charge in [-0.05, 0) is 36.4 Å². The monoisotopic (exact) mass is 483 g/mol. The topological polar surface area (TPSA) is 71.1 Å². The molecule has 0 bridgehead atoms. The van der Waals surface area contributed by atoms with Gasteiger partial charge in [0.15, 0.2) is 5.13 Å². The number of halogens is 3. The predicted molar refractivity (Wildman–Crippen MR) is 120 cm³/mol. The molecule has 2 aromatic carbocycles. The first-order valence-electron chi connectivity index (χ1n) is 8.83. The van der Waals surface area contributed by atoms with Crippen LogP contribution < -0.4 is 10.6 Å².